The van der Waals surface area contributed by atoms with E-state index in [1.807, 2.05) is 17.7 Å². The van der Waals surface area contributed by atoms with Crippen molar-refractivity contribution in [3.8, 4) is 0 Å². The van der Waals surface area contributed by atoms with Gasteiger partial charge >= 0.3 is 12.2 Å². The van der Waals surface area contributed by atoms with Gasteiger partial charge in [0.25, 0.3) is 0 Å². The number of anilines is 1. The number of hydrogen-bond donors (Lipinski definition) is 2. The largest absolute Gasteiger partial charge is 0.434 e. The van der Waals surface area contributed by atoms with Crippen molar-refractivity contribution in [3.05, 3.63) is 34.0 Å². The molecule has 2 amide bonds. The molecule has 2 N–H and O–H groups in total. The molecule has 0 fully saturated rings. The lowest BCUT2D eigenvalue weighted by Crippen LogP contribution is -2.36. The summed E-state index contributed by atoms with van der Waals surface area (Å²) in [4.78, 5) is 15.6. The highest BCUT2D eigenvalue weighted by Gasteiger charge is 2.35. The summed E-state index contributed by atoms with van der Waals surface area (Å²) in [6, 6.07) is -0.302. The molecule has 0 aromatic carbocycles. The molecule has 0 radical (unpaired) electrons. The number of nitrogens with zero attached hydrogens (tertiary/aromatic N) is 2. The van der Waals surface area contributed by atoms with E-state index in [0.717, 1.165) is 17.4 Å². The Kier molecular flexibility index (Phi) is 4.53. The minimum absolute atomic E-state index is 0.0853. The number of alkyl halides is 3. The molecular weight excluding hydrogens is 341 g/mol. The van der Waals surface area contributed by atoms with E-state index in [1.165, 1.54) is 11.3 Å². The molecule has 3 rings (SSSR count). The van der Waals surface area contributed by atoms with Gasteiger partial charge in [0.1, 0.15) is 5.82 Å². The first-order valence-electron chi connectivity index (χ1n) is 7.54. The van der Waals surface area contributed by atoms with Gasteiger partial charge in [-0.2, -0.15) is 13.2 Å². The second-order valence-corrected chi connectivity index (χ2v) is 6.64. The van der Waals surface area contributed by atoms with E-state index in [9.17, 15) is 18.0 Å². The number of aryl methyl sites for hydroxylation is 2. The van der Waals surface area contributed by atoms with Crippen LogP contribution in [0.3, 0.4) is 0 Å². The lowest BCUT2D eigenvalue weighted by atomic mass is 9.99. The van der Waals surface area contributed by atoms with Crippen LogP contribution >= 0.6 is 11.3 Å². The number of hydrogen-bond acceptors (Lipinski definition) is 3. The summed E-state index contributed by atoms with van der Waals surface area (Å²) in [6.45, 7) is 2.75. The molecule has 24 heavy (non-hydrogen) atoms. The van der Waals surface area contributed by atoms with Crippen molar-refractivity contribution in [2.45, 2.75) is 32.5 Å². The molecule has 1 unspecified atom stereocenters. The third-order valence-corrected chi connectivity index (χ3v) is 4.90. The Labute approximate surface area is 140 Å². The maximum Gasteiger partial charge on any atom is 0.434 e. The first-order valence-corrected chi connectivity index (χ1v) is 8.48. The molecule has 3 heterocycles. The normalized spacial score (nSPS) is 17.4. The van der Waals surface area contributed by atoms with E-state index in [1.54, 1.807) is 4.57 Å². The summed E-state index contributed by atoms with van der Waals surface area (Å²) in [5, 5.41) is 9.34. The van der Waals surface area contributed by atoms with Gasteiger partial charge in [-0.25, -0.2) is 9.78 Å². The third-order valence-electron chi connectivity index (χ3n) is 4.04. The topological polar surface area (TPSA) is 59.0 Å². The Morgan fingerprint density at radius 1 is 1.46 bits per heavy atom. The summed E-state index contributed by atoms with van der Waals surface area (Å²) < 4.78 is 39.6. The first kappa shape index (κ1) is 16.8. The number of thiophene rings is 1. The molecule has 0 aliphatic carbocycles. The van der Waals surface area contributed by atoms with Crippen molar-refractivity contribution < 1.29 is 18.0 Å². The van der Waals surface area contributed by atoms with Gasteiger partial charge in [0.05, 0.1) is 5.69 Å². The standard InChI is InChI=1S/C15H17F3N4OS/c1-9-7-24-8-11(9)20-14(23)19-4-10-2-3-13-21-12(15(16,17)18)6-22(13)5-10/h6-8,10H,2-5H2,1H3,(H2,19,20,23). The summed E-state index contributed by atoms with van der Waals surface area (Å²) in [6.07, 6.45) is -2.19. The molecule has 2 aromatic heterocycles. The average Bonchev–Trinajstić information content (AvgIpc) is 3.11. The van der Waals surface area contributed by atoms with Gasteiger partial charge in [0.15, 0.2) is 5.69 Å². The number of nitrogens with one attached hydrogen (secondary N) is 2. The van der Waals surface area contributed by atoms with Gasteiger partial charge in [-0.1, -0.05) is 0 Å². The second-order valence-electron chi connectivity index (χ2n) is 5.90. The van der Waals surface area contributed by atoms with Crippen LogP contribution < -0.4 is 10.6 Å². The van der Waals surface area contributed by atoms with Crippen molar-refractivity contribution in [3.63, 3.8) is 0 Å². The fraction of sp³-hybridized carbons (Fsp3) is 0.467. The van der Waals surface area contributed by atoms with E-state index < -0.39 is 11.9 Å². The summed E-state index contributed by atoms with van der Waals surface area (Å²) >= 11 is 1.51. The Morgan fingerprint density at radius 3 is 2.92 bits per heavy atom. The van der Waals surface area contributed by atoms with Crippen LogP contribution in [0.1, 0.15) is 23.5 Å². The Bertz CT molecular complexity index is 737. The monoisotopic (exact) mass is 358 g/mol. The molecule has 0 saturated heterocycles. The number of halogens is 3. The molecule has 1 aliphatic heterocycles. The zero-order valence-corrected chi connectivity index (χ0v) is 13.8. The Hall–Kier alpha value is -2.03. The van der Waals surface area contributed by atoms with Crippen LogP contribution in [0.4, 0.5) is 23.7 Å². The van der Waals surface area contributed by atoms with Crippen molar-refractivity contribution in [1.29, 1.82) is 0 Å². The zero-order chi connectivity index (χ0) is 17.3. The van der Waals surface area contributed by atoms with E-state index in [-0.39, 0.29) is 11.9 Å². The van der Waals surface area contributed by atoms with Gasteiger partial charge in [-0.15, -0.1) is 11.3 Å². The molecule has 0 spiro atoms. The molecule has 5 nitrogen and oxygen atoms in total. The minimum Gasteiger partial charge on any atom is -0.338 e. The smallest absolute Gasteiger partial charge is 0.338 e. The summed E-state index contributed by atoms with van der Waals surface area (Å²) in [5.74, 6) is 0.541. The Balaban J connectivity index is 1.53. The number of carbonyl (C=O) groups excluding carboxylic acids is 1. The molecule has 1 aliphatic rings. The van der Waals surface area contributed by atoms with Crippen LogP contribution in [0.2, 0.25) is 0 Å². The van der Waals surface area contributed by atoms with E-state index in [0.29, 0.717) is 31.8 Å². The molecule has 0 saturated carbocycles. The SMILES string of the molecule is Cc1cscc1NC(=O)NCC1CCc2nc(C(F)(F)F)cn2C1. The molecule has 130 valence electrons. The van der Waals surface area contributed by atoms with Crippen LogP contribution in [0.5, 0.6) is 0 Å². The quantitative estimate of drug-likeness (QED) is 0.880. The van der Waals surface area contributed by atoms with Crippen molar-refractivity contribution in [1.82, 2.24) is 14.9 Å². The predicted octanol–water partition coefficient (Wildman–Crippen LogP) is 3.66. The van der Waals surface area contributed by atoms with Crippen LogP contribution in [0, 0.1) is 12.8 Å². The number of amides is 2. The van der Waals surface area contributed by atoms with Crippen LogP contribution in [0.15, 0.2) is 17.0 Å². The lowest BCUT2D eigenvalue weighted by Gasteiger charge is -2.23. The number of carbonyl (C=O) groups is 1. The number of aromatic nitrogens is 2. The number of rotatable bonds is 3. The van der Waals surface area contributed by atoms with Crippen molar-refractivity contribution in [2.75, 3.05) is 11.9 Å². The van der Waals surface area contributed by atoms with Crippen molar-refractivity contribution in [2.24, 2.45) is 5.92 Å². The highest BCUT2D eigenvalue weighted by atomic mass is 32.1. The fourth-order valence-corrected chi connectivity index (χ4v) is 3.49. The average molecular weight is 358 g/mol. The van der Waals surface area contributed by atoms with Gasteiger partial charge in [-0.05, 0) is 30.2 Å². The first-order chi connectivity index (χ1) is 11.3. The number of imidazole rings is 1. The molecule has 0 bridgehead atoms. The molecular formula is C15H17F3N4OS. The van der Waals surface area contributed by atoms with Gasteiger partial charge < -0.3 is 15.2 Å². The van der Waals surface area contributed by atoms with Crippen LogP contribution in [0.25, 0.3) is 0 Å². The van der Waals surface area contributed by atoms with E-state index in [2.05, 4.69) is 15.6 Å². The molecule has 9 heteroatoms. The Morgan fingerprint density at radius 2 is 2.25 bits per heavy atom. The number of urea groups is 1. The van der Waals surface area contributed by atoms with Gasteiger partial charge in [-0.3, -0.25) is 0 Å². The van der Waals surface area contributed by atoms with Gasteiger partial charge in [0.2, 0.25) is 0 Å². The molecule has 1 atom stereocenters. The fourth-order valence-electron chi connectivity index (χ4n) is 2.71. The third kappa shape index (κ3) is 3.72. The summed E-state index contributed by atoms with van der Waals surface area (Å²) in [5.41, 5.74) is 0.917. The highest BCUT2D eigenvalue weighted by Crippen LogP contribution is 2.30. The highest BCUT2D eigenvalue weighted by molar-refractivity contribution is 7.08. The van der Waals surface area contributed by atoms with E-state index >= 15 is 0 Å². The molecule has 2 aromatic rings. The predicted molar refractivity (Wildman–Crippen MR) is 85.1 cm³/mol. The maximum atomic E-state index is 12.7. The van der Waals surface area contributed by atoms with Crippen LogP contribution in [-0.2, 0) is 19.1 Å². The van der Waals surface area contributed by atoms with Crippen molar-refractivity contribution >= 4 is 23.1 Å². The zero-order valence-electron chi connectivity index (χ0n) is 13.0. The van der Waals surface area contributed by atoms with Crippen LogP contribution in [-0.4, -0.2) is 22.1 Å². The van der Waals surface area contributed by atoms with E-state index in [4.69, 9.17) is 0 Å². The minimum atomic E-state index is -4.42. The lowest BCUT2D eigenvalue weighted by molar-refractivity contribution is -0.141. The van der Waals surface area contributed by atoms with Gasteiger partial charge in [0, 0.05) is 31.1 Å². The second kappa shape index (κ2) is 6.46. The number of fused-ring (bicyclic) bond motifs is 1. The maximum absolute atomic E-state index is 12.7. The summed E-state index contributed by atoms with van der Waals surface area (Å²) in [7, 11) is 0.